The molecule has 0 saturated heterocycles. The van der Waals surface area contributed by atoms with Gasteiger partial charge in [0.1, 0.15) is 23.1 Å². The van der Waals surface area contributed by atoms with E-state index in [1.54, 1.807) is 7.05 Å². The molecule has 1 aliphatic rings. The van der Waals surface area contributed by atoms with E-state index in [9.17, 15) is 22.8 Å². The second kappa shape index (κ2) is 7.13. The van der Waals surface area contributed by atoms with Crippen molar-refractivity contribution in [3.8, 4) is 0 Å². The van der Waals surface area contributed by atoms with Crippen LogP contribution < -0.4 is 10.6 Å². The summed E-state index contributed by atoms with van der Waals surface area (Å²) in [6, 6.07) is 0. The molecular formula is C15H14F3N7O2. The lowest BCUT2D eigenvalue weighted by Crippen LogP contribution is -2.34. The molecule has 142 valence electrons. The zero-order valence-electron chi connectivity index (χ0n) is 14.0. The third-order valence-electron chi connectivity index (χ3n) is 3.93. The molecular weight excluding hydrogens is 367 g/mol. The number of aliphatic imine (C=N–C) groups is 1. The van der Waals surface area contributed by atoms with Gasteiger partial charge in [0.25, 0.3) is 5.91 Å². The number of nitrogens with one attached hydrogen (secondary N) is 2. The van der Waals surface area contributed by atoms with Crippen molar-refractivity contribution in [2.75, 3.05) is 11.9 Å². The number of carbonyl (C=O) groups is 2. The van der Waals surface area contributed by atoms with Crippen LogP contribution in [0.3, 0.4) is 0 Å². The summed E-state index contributed by atoms with van der Waals surface area (Å²) in [5.74, 6) is -0.966. The first-order chi connectivity index (χ1) is 12.8. The topological polar surface area (TPSA) is 114 Å². The standard InChI is InChI=1S/C15H14F3N7O2/c1-25-12-10(13(24-25)23-7-26)21-6-22-11(12)14(27)20-5-8-2-3-19-9(4-8)15(16,17)18/h2-3,6-8H,4-5H2,1H3,(H,20,27)(H,23,24,26). The van der Waals surface area contributed by atoms with Crippen LogP contribution in [0.15, 0.2) is 23.6 Å². The molecule has 27 heavy (non-hydrogen) atoms. The van der Waals surface area contributed by atoms with Gasteiger partial charge < -0.3 is 10.6 Å². The lowest BCUT2D eigenvalue weighted by molar-refractivity contribution is -0.105. The number of fused-ring (bicyclic) bond motifs is 1. The molecule has 0 aliphatic carbocycles. The summed E-state index contributed by atoms with van der Waals surface area (Å²) in [5.41, 5.74) is -0.326. The minimum Gasteiger partial charge on any atom is -0.350 e. The maximum absolute atomic E-state index is 12.8. The number of aromatic nitrogens is 4. The summed E-state index contributed by atoms with van der Waals surface area (Å²) >= 11 is 0. The van der Waals surface area contributed by atoms with E-state index in [0.29, 0.717) is 6.41 Å². The van der Waals surface area contributed by atoms with Crippen LogP contribution in [-0.4, -0.2) is 50.5 Å². The quantitative estimate of drug-likeness (QED) is 0.756. The second-order valence-corrected chi connectivity index (χ2v) is 5.74. The van der Waals surface area contributed by atoms with Gasteiger partial charge >= 0.3 is 6.18 Å². The number of carbonyl (C=O) groups excluding carboxylic acids is 2. The molecule has 1 unspecified atom stereocenters. The van der Waals surface area contributed by atoms with Gasteiger partial charge in [-0.3, -0.25) is 19.3 Å². The Labute approximate surface area is 150 Å². The number of aryl methyl sites for hydroxylation is 1. The predicted molar refractivity (Wildman–Crippen MR) is 89.1 cm³/mol. The van der Waals surface area contributed by atoms with Crippen LogP contribution in [0, 0.1) is 5.92 Å². The summed E-state index contributed by atoms with van der Waals surface area (Å²) in [4.78, 5) is 34.4. The second-order valence-electron chi connectivity index (χ2n) is 5.74. The van der Waals surface area contributed by atoms with E-state index in [4.69, 9.17) is 0 Å². The molecule has 0 spiro atoms. The molecule has 0 bridgehead atoms. The molecule has 2 N–H and O–H groups in total. The number of alkyl halides is 3. The van der Waals surface area contributed by atoms with Crippen molar-refractivity contribution in [1.82, 2.24) is 25.1 Å². The fraction of sp³-hybridized carbons (Fsp3) is 0.333. The molecule has 0 fully saturated rings. The van der Waals surface area contributed by atoms with Gasteiger partial charge in [-0.05, 0) is 0 Å². The first-order valence-electron chi connectivity index (χ1n) is 7.78. The molecule has 0 saturated carbocycles. The minimum atomic E-state index is -4.50. The Bertz CT molecular complexity index is 949. The summed E-state index contributed by atoms with van der Waals surface area (Å²) in [7, 11) is 1.55. The van der Waals surface area contributed by atoms with Gasteiger partial charge in [0.15, 0.2) is 11.5 Å². The van der Waals surface area contributed by atoms with Crippen LogP contribution in [0.25, 0.3) is 11.0 Å². The van der Waals surface area contributed by atoms with Gasteiger partial charge in [-0.15, -0.1) is 0 Å². The number of anilines is 1. The Balaban J connectivity index is 1.75. The van der Waals surface area contributed by atoms with E-state index < -0.39 is 23.7 Å². The van der Waals surface area contributed by atoms with Crippen molar-refractivity contribution in [3.63, 3.8) is 0 Å². The predicted octanol–water partition coefficient (Wildman–Crippen LogP) is 1.20. The fourth-order valence-electron chi connectivity index (χ4n) is 2.69. The molecule has 0 radical (unpaired) electrons. The van der Waals surface area contributed by atoms with Crippen molar-refractivity contribution in [1.29, 1.82) is 0 Å². The number of nitrogens with zero attached hydrogens (tertiary/aromatic N) is 5. The Kier molecular flexibility index (Phi) is 4.88. The highest BCUT2D eigenvalue weighted by molar-refractivity contribution is 6.05. The molecule has 0 aromatic carbocycles. The third-order valence-corrected chi connectivity index (χ3v) is 3.93. The van der Waals surface area contributed by atoms with Gasteiger partial charge in [0.05, 0.1) is 0 Å². The first kappa shape index (κ1) is 18.5. The van der Waals surface area contributed by atoms with Crippen LogP contribution in [-0.2, 0) is 11.8 Å². The Morgan fingerprint density at radius 3 is 2.89 bits per heavy atom. The van der Waals surface area contributed by atoms with Crippen LogP contribution in [0.2, 0.25) is 0 Å². The van der Waals surface area contributed by atoms with Crippen molar-refractivity contribution >= 4 is 34.9 Å². The van der Waals surface area contributed by atoms with Gasteiger partial charge in [-0.1, -0.05) is 6.08 Å². The lowest BCUT2D eigenvalue weighted by atomic mass is 9.99. The zero-order valence-corrected chi connectivity index (χ0v) is 14.0. The van der Waals surface area contributed by atoms with Crippen molar-refractivity contribution in [2.24, 2.45) is 18.0 Å². The number of hydrogen-bond acceptors (Lipinski definition) is 6. The average Bonchev–Trinajstić information content (AvgIpc) is 2.96. The molecule has 2 aromatic heterocycles. The van der Waals surface area contributed by atoms with E-state index in [2.05, 4.69) is 30.7 Å². The van der Waals surface area contributed by atoms with E-state index >= 15 is 0 Å². The third kappa shape index (κ3) is 3.78. The number of halogens is 3. The number of hydrogen-bond donors (Lipinski definition) is 2. The van der Waals surface area contributed by atoms with Crippen LogP contribution in [0.1, 0.15) is 16.9 Å². The van der Waals surface area contributed by atoms with Gasteiger partial charge in [-0.25, -0.2) is 9.97 Å². The lowest BCUT2D eigenvalue weighted by Gasteiger charge is -2.19. The smallest absolute Gasteiger partial charge is 0.350 e. The fourth-order valence-corrected chi connectivity index (χ4v) is 2.69. The summed E-state index contributed by atoms with van der Waals surface area (Å²) in [5, 5.41) is 8.99. The highest BCUT2D eigenvalue weighted by atomic mass is 19.4. The van der Waals surface area contributed by atoms with Crippen molar-refractivity contribution in [3.05, 3.63) is 24.3 Å². The van der Waals surface area contributed by atoms with E-state index in [1.165, 1.54) is 10.8 Å². The average molecular weight is 381 g/mol. The molecule has 1 aliphatic heterocycles. The normalized spacial score (nSPS) is 16.9. The van der Waals surface area contributed by atoms with Crippen molar-refractivity contribution < 1.29 is 22.8 Å². The number of amides is 2. The number of rotatable bonds is 5. The maximum Gasteiger partial charge on any atom is 0.429 e. The zero-order chi connectivity index (χ0) is 19.6. The molecule has 2 amide bonds. The molecule has 3 rings (SSSR count). The van der Waals surface area contributed by atoms with Gasteiger partial charge in [0.2, 0.25) is 6.41 Å². The molecule has 9 nitrogen and oxygen atoms in total. The molecule has 12 heteroatoms. The van der Waals surface area contributed by atoms with Crippen LogP contribution in [0.5, 0.6) is 0 Å². The maximum atomic E-state index is 12.8. The Morgan fingerprint density at radius 2 is 2.19 bits per heavy atom. The van der Waals surface area contributed by atoms with Crippen LogP contribution >= 0.6 is 0 Å². The minimum absolute atomic E-state index is 0.00144. The van der Waals surface area contributed by atoms with E-state index in [1.807, 2.05) is 0 Å². The molecule has 2 aromatic rings. The molecule has 1 atom stereocenters. The van der Waals surface area contributed by atoms with Crippen molar-refractivity contribution in [2.45, 2.75) is 12.6 Å². The van der Waals surface area contributed by atoms with Gasteiger partial charge in [-0.2, -0.15) is 18.3 Å². The summed E-state index contributed by atoms with van der Waals surface area (Å²) in [6.07, 6.45) is -0.657. The first-order valence-corrected chi connectivity index (χ1v) is 7.78. The monoisotopic (exact) mass is 381 g/mol. The van der Waals surface area contributed by atoms with E-state index in [-0.39, 0.29) is 35.5 Å². The summed E-state index contributed by atoms with van der Waals surface area (Å²) < 4.78 is 39.6. The Morgan fingerprint density at radius 1 is 1.41 bits per heavy atom. The highest BCUT2D eigenvalue weighted by Gasteiger charge is 2.37. The molecule has 3 heterocycles. The SMILES string of the molecule is Cn1nc(NC=O)c2ncnc(C(=O)NCC3C=CN=C(C(F)(F)F)C3)c21. The largest absolute Gasteiger partial charge is 0.429 e. The van der Waals surface area contributed by atoms with Gasteiger partial charge in [0, 0.05) is 32.1 Å². The Hall–Kier alpha value is -3.31. The summed E-state index contributed by atoms with van der Waals surface area (Å²) in [6.45, 7) is -0.0206. The van der Waals surface area contributed by atoms with Crippen LogP contribution in [0.4, 0.5) is 19.0 Å². The van der Waals surface area contributed by atoms with E-state index in [0.717, 1.165) is 12.5 Å². The highest BCUT2D eigenvalue weighted by Crippen LogP contribution is 2.25.